The van der Waals surface area contributed by atoms with Gasteiger partial charge in [-0.3, -0.25) is 0 Å². The van der Waals surface area contributed by atoms with Crippen LogP contribution in [0.2, 0.25) is 0 Å². The summed E-state index contributed by atoms with van der Waals surface area (Å²) in [5, 5.41) is 7.45. The molecule has 4 nitrogen and oxygen atoms in total. The Hall–Kier alpha value is -0.900. The maximum absolute atomic E-state index is 5.06. The average Bonchev–Trinajstić information content (AvgIpc) is 2.76. The largest absolute Gasteiger partial charge is 0.339 e. The molecule has 4 heteroatoms. The Kier molecular flexibility index (Phi) is 6.08. The van der Waals surface area contributed by atoms with Gasteiger partial charge in [0.15, 0.2) is 5.82 Å². The van der Waals surface area contributed by atoms with Gasteiger partial charge in [-0.05, 0) is 12.8 Å². The Labute approximate surface area is 97.8 Å². The van der Waals surface area contributed by atoms with E-state index in [-0.39, 0.29) is 0 Å². The summed E-state index contributed by atoms with van der Waals surface area (Å²) >= 11 is 0. The molecule has 0 aliphatic heterocycles. The Bertz CT molecular complexity index is 286. The number of aryl methyl sites for hydroxylation is 1. The minimum Gasteiger partial charge on any atom is -0.339 e. The molecule has 0 spiro atoms. The van der Waals surface area contributed by atoms with Gasteiger partial charge < -0.3 is 9.84 Å². The molecular formula is C12H23N3O. The highest BCUT2D eigenvalue weighted by atomic mass is 16.5. The molecule has 0 aromatic carbocycles. The first-order valence-corrected chi connectivity index (χ1v) is 6.34. The molecule has 0 fully saturated rings. The molecule has 0 amide bonds. The lowest BCUT2D eigenvalue weighted by Crippen LogP contribution is -2.30. The van der Waals surface area contributed by atoms with E-state index in [4.69, 9.17) is 4.52 Å². The lowest BCUT2D eigenvalue weighted by atomic mass is 10.1. The van der Waals surface area contributed by atoms with Crippen molar-refractivity contribution in [1.29, 1.82) is 0 Å². The SMILES string of the molecule is CCCC(CC)NCCc1noc(CC)n1. The highest BCUT2D eigenvalue weighted by Crippen LogP contribution is 2.02. The summed E-state index contributed by atoms with van der Waals surface area (Å²) in [5.41, 5.74) is 0. The molecule has 1 aromatic rings. The molecule has 0 bridgehead atoms. The summed E-state index contributed by atoms with van der Waals surface area (Å²) in [6, 6.07) is 0.627. The Morgan fingerprint density at radius 3 is 2.69 bits per heavy atom. The third kappa shape index (κ3) is 4.31. The molecular weight excluding hydrogens is 202 g/mol. The molecule has 0 radical (unpaired) electrons. The molecule has 1 unspecified atom stereocenters. The summed E-state index contributed by atoms with van der Waals surface area (Å²) < 4.78 is 5.06. The molecule has 1 N–H and O–H groups in total. The van der Waals surface area contributed by atoms with E-state index in [1.807, 2.05) is 6.92 Å². The molecule has 0 saturated carbocycles. The highest BCUT2D eigenvalue weighted by molar-refractivity contribution is 4.86. The van der Waals surface area contributed by atoms with Crippen molar-refractivity contribution < 1.29 is 4.52 Å². The highest BCUT2D eigenvalue weighted by Gasteiger charge is 2.06. The maximum Gasteiger partial charge on any atom is 0.226 e. The zero-order valence-electron chi connectivity index (χ0n) is 10.6. The van der Waals surface area contributed by atoms with E-state index in [1.165, 1.54) is 19.3 Å². The van der Waals surface area contributed by atoms with Gasteiger partial charge >= 0.3 is 0 Å². The van der Waals surface area contributed by atoms with Gasteiger partial charge in [0.2, 0.25) is 5.89 Å². The van der Waals surface area contributed by atoms with Crippen LogP contribution in [0.1, 0.15) is 51.7 Å². The lowest BCUT2D eigenvalue weighted by molar-refractivity contribution is 0.375. The molecule has 0 aliphatic carbocycles. The summed E-state index contributed by atoms with van der Waals surface area (Å²) in [6.07, 6.45) is 5.31. The van der Waals surface area contributed by atoms with Crippen molar-refractivity contribution in [2.45, 2.75) is 58.9 Å². The van der Waals surface area contributed by atoms with E-state index < -0.39 is 0 Å². The van der Waals surface area contributed by atoms with Crippen molar-refractivity contribution in [2.75, 3.05) is 6.54 Å². The molecule has 92 valence electrons. The molecule has 0 saturated heterocycles. The van der Waals surface area contributed by atoms with E-state index >= 15 is 0 Å². The summed E-state index contributed by atoms with van der Waals surface area (Å²) in [7, 11) is 0. The maximum atomic E-state index is 5.06. The van der Waals surface area contributed by atoms with Crippen LogP contribution in [0, 0.1) is 0 Å². The van der Waals surface area contributed by atoms with E-state index in [1.54, 1.807) is 0 Å². The van der Waals surface area contributed by atoms with Gasteiger partial charge in [-0.25, -0.2) is 0 Å². The minimum absolute atomic E-state index is 0.627. The third-order valence-corrected chi connectivity index (χ3v) is 2.72. The first-order chi connectivity index (χ1) is 7.80. The third-order valence-electron chi connectivity index (χ3n) is 2.72. The van der Waals surface area contributed by atoms with E-state index in [2.05, 4.69) is 29.3 Å². The van der Waals surface area contributed by atoms with Gasteiger partial charge in [-0.1, -0.05) is 32.3 Å². The molecule has 1 atom stereocenters. The van der Waals surface area contributed by atoms with Crippen molar-refractivity contribution in [3.63, 3.8) is 0 Å². The number of rotatable bonds is 8. The molecule has 1 aromatic heterocycles. The zero-order chi connectivity index (χ0) is 11.8. The first kappa shape index (κ1) is 13.2. The van der Waals surface area contributed by atoms with Crippen LogP contribution >= 0.6 is 0 Å². The van der Waals surface area contributed by atoms with Gasteiger partial charge in [0.05, 0.1) is 0 Å². The molecule has 0 aliphatic rings. The number of aromatic nitrogens is 2. The van der Waals surface area contributed by atoms with E-state index in [0.29, 0.717) is 6.04 Å². The second-order valence-electron chi connectivity index (χ2n) is 4.06. The van der Waals surface area contributed by atoms with Crippen LogP contribution in [0.25, 0.3) is 0 Å². The topological polar surface area (TPSA) is 51.0 Å². The molecule has 16 heavy (non-hydrogen) atoms. The van der Waals surface area contributed by atoms with Gasteiger partial charge in [0.1, 0.15) is 0 Å². The van der Waals surface area contributed by atoms with Crippen LogP contribution in [0.4, 0.5) is 0 Å². The van der Waals surface area contributed by atoms with Crippen LogP contribution in [0.5, 0.6) is 0 Å². The Morgan fingerprint density at radius 1 is 1.31 bits per heavy atom. The summed E-state index contributed by atoms with van der Waals surface area (Å²) in [6.45, 7) is 7.39. The van der Waals surface area contributed by atoms with Crippen molar-refractivity contribution >= 4 is 0 Å². The van der Waals surface area contributed by atoms with E-state index in [9.17, 15) is 0 Å². The predicted molar refractivity (Wildman–Crippen MR) is 64.4 cm³/mol. The van der Waals surface area contributed by atoms with Crippen LogP contribution in [-0.4, -0.2) is 22.7 Å². The molecule has 1 heterocycles. The fraction of sp³-hybridized carbons (Fsp3) is 0.833. The fourth-order valence-electron chi connectivity index (χ4n) is 1.72. The first-order valence-electron chi connectivity index (χ1n) is 6.34. The Morgan fingerprint density at radius 2 is 2.12 bits per heavy atom. The quantitative estimate of drug-likeness (QED) is 0.738. The van der Waals surface area contributed by atoms with Crippen LogP contribution in [-0.2, 0) is 12.8 Å². The number of hydrogen-bond acceptors (Lipinski definition) is 4. The summed E-state index contributed by atoms with van der Waals surface area (Å²) in [5.74, 6) is 1.55. The zero-order valence-corrected chi connectivity index (χ0v) is 10.6. The van der Waals surface area contributed by atoms with Crippen molar-refractivity contribution in [2.24, 2.45) is 0 Å². The fourth-order valence-corrected chi connectivity index (χ4v) is 1.72. The van der Waals surface area contributed by atoms with Gasteiger partial charge in [0, 0.05) is 25.4 Å². The minimum atomic E-state index is 0.627. The summed E-state index contributed by atoms with van der Waals surface area (Å²) in [4.78, 5) is 4.28. The predicted octanol–water partition coefficient (Wildman–Crippen LogP) is 2.34. The monoisotopic (exact) mass is 225 g/mol. The van der Waals surface area contributed by atoms with Crippen LogP contribution in [0.15, 0.2) is 4.52 Å². The standard InChI is InChI=1S/C12H23N3O/c1-4-7-10(5-2)13-9-8-11-14-12(6-3)16-15-11/h10,13H,4-9H2,1-3H3. The van der Waals surface area contributed by atoms with Crippen LogP contribution < -0.4 is 5.32 Å². The number of nitrogens with zero attached hydrogens (tertiary/aromatic N) is 2. The van der Waals surface area contributed by atoms with Gasteiger partial charge in [0.25, 0.3) is 0 Å². The van der Waals surface area contributed by atoms with E-state index in [0.717, 1.165) is 31.1 Å². The lowest BCUT2D eigenvalue weighted by Gasteiger charge is -2.14. The van der Waals surface area contributed by atoms with Crippen LogP contribution in [0.3, 0.4) is 0 Å². The number of nitrogens with one attached hydrogen (secondary N) is 1. The second-order valence-corrected chi connectivity index (χ2v) is 4.06. The van der Waals surface area contributed by atoms with Crippen molar-refractivity contribution in [3.05, 3.63) is 11.7 Å². The van der Waals surface area contributed by atoms with Gasteiger partial charge in [-0.15, -0.1) is 0 Å². The average molecular weight is 225 g/mol. The van der Waals surface area contributed by atoms with Crippen molar-refractivity contribution in [3.8, 4) is 0 Å². The second kappa shape index (κ2) is 7.39. The van der Waals surface area contributed by atoms with Crippen molar-refractivity contribution in [1.82, 2.24) is 15.5 Å². The smallest absolute Gasteiger partial charge is 0.226 e. The normalized spacial score (nSPS) is 12.9. The number of hydrogen-bond donors (Lipinski definition) is 1. The molecule has 1 rings (SSSR count). The Balaban J connectivity index is 2.23. The van der Waals surface area contributed by atoms with Gasteiger partial charge in [-0.2, -0.15) is 4.98 Å².